The highest BCUT2D eigenvalue weighted by atomic mass is 35.5. The summed E-state index contributed by atoms with van der Waals surface area (Å²) in [5.41, 5.74) is 3.09. The molecule has 6 nitrogen and oxygen atoms in total. The van der Waals surface area contributed by atoms with Crippen LogP contribution in [0.25, 0.3) is 0 Å². The molecule has 1 N–H and O–H groups in total. The van der Waals surface area contributed by atoms with Gasteiger partial charge in [0.05, 0.1) is 25.5 Å². The van der Waals surface area contributed by atoms with Crippen LogP contribution in [-0.4, -0.2) is 32.9 Å². The van der Waals surface area contributed by atoms with Crippen molar-refractivity contribution in [2.45, 2.75) is 0 Å². The van der Waals surface area contributed by atoms with Crippen molar-refractivity contribution >= 4 is 35.3 Å². The van der Waals surface area contributed by atoms with Crippen LogP contribution in [-0.2, 0) is 4.79 Å². The maximum atomic E-state index is 11.8. The second-order valence-electron chi connectivity index (χ2n) is 4.75. The van der Waals surface area contributed by atoms with Gasteiger partial charge in [-0.15, -0.1) is 0 Å². The van der Waals surface area contributed by atoms with E-state index in [0.29, 0.717) is 22.3 Å². The quantitative estimate of drug-likeness (QED) is 0.587. The van der Waals surface area contributed by atoms with E-state index in [1.807, 2.05) is 0 Å². The van der Waals surface area contributed by atoms with Crippen molar-refractivity contribution in [1.29, 1.82) is 0 Å². The molecule has 8 heteroatoms. The summed E-state index contributed by atoms with van der Waals surface area (Å²) in [5.74, 6) is 1.06. The third kappa shape index (κ3) is 5.27. The van der Waals surface area contributed by atoms with Gasteiger partial charge in [0.1, 0.15) is 10.8 Å². The van der Waals surface area contributed by atoms with E-state index in [0.717, 1.165) is 5.56 Å². The van der Waals surface area contributed by atoms with Gasteiger partial charge in [0.25, 0.3) is 5.91 Å². The summed E-state index contributed by atoms with van der Waals surface area (Å²) in [6.45, 7) is -0.247. The fraction of sp³-hybridized carbons (Fsp3) is 0.176. The molecule has 0 aliphatic carbocycles. The Labute approximate surface area is 155 Å². The minimum Gasteiger partial charge on any atom is -0.493 e. The van der Waals surface area contributed by atoms with Crippen LogP contribution in [0.1, 0.15) is 5.56 Å². The Balaban J connectivity index is 1.89. The lowest BCUT2D eigenvalue weighted by Crippen LogP contribution is -2.24. The lowest BCUT2D eigenvalue weighted by molar-refractivity contribution is -0.123. The molecule has 0 aliphatic heterocycles. The molecule has 0 heterocycles. The number of hydrogen-bond donors (Lipinski definition) is 1. The molecule has 0 aliphatic rings. The average molecular weight is 383 g/mol. The summed E-state index contributed by atoms with van der Waals surface area (Å²) in [6, 6.07) is 10.2. The first kappa shape index (κ1) is 18.9. The Morgan fingerprint density at radius 3 is 2.60 bits per heavy atom. The van der Waals surface area contributed by atoms with E-state index in [1.54, 1.807) is 50.6 Å². The van der Waals surface area contributed by atoms with Crippen LogP contribution >= 0.6 is 23.2 Å². The number of hydrogen-bond acceptors (Lipinski definition) is 5. The Morgan fingerprint density at radius 1 is 1.12 bits per heavy atom. The predicted molar refractivity (Wildman–Crippen MR) is 97.2 cm³/mol. The summed E-state index contributed by atoms with van der Waals surface area (Å²) >= 11 is 11.8. The molecule has 1 amide bonds. The first-order valence-corrected chi connectivity index (χ1v) is 7.91. The molecule has 2 rings (SSSR count). The molecule has 0 bridgehead atoms. The van der Waals surface area contributed by atoms with Gasteiger partial charge in [-0.25, -0.2) is 5.43 Å². The van der Waals surface area contributed by atoms with Crippen molar-refractivity contribution in [3.63, 3.8) is 0 Å². The summed E-state index contributed by atoms with van der Waals surface area (Å²) in [6.07, 6.45) is 1.48. The topological polar surface area (TPSA) is 69.2 Å². The summed E-state index contributed by atoms with van der Waals surface area (Å²) in [4.78, 5) is 11.8. The number of nitrogens with one attached hydrogen (secondary N) is 1. The molecule has 0 unspecified atom stereocenters. The van der Waals surface area contributed by atoms with Crippen molar-refractivity contribution in [1.82, 2.24) is 5.43 Å². The molecule has 2 aromatic rings. The van der Waals surface area contributed by atoms with Crippen LogP contribution in [0.4, 0.5) is 0 Å². The molecular formula is C17H16Cl2N2O4. The fourth-order valence-electron chi connectivity index (χ4n) is 1.88. The van der Waals surface area contributed by atoms with Crippen LogP contribution < -0.4 is 19.6 Å². The fourth-order valence-corrected chi connectivity index (χ4v) is 2.23. The first-order chi connectivity index (χ1) is 12.0. The van der Waals surface area contributed by atoms with Crippen molar-refractivity contribution in [3.8, 4) is 17.2 Å². The normalized spacial score (nSPS) is 10.6. The van der Waals surface area contributed by atoms with Crippen LogP contribution in [0.2, 0.25) is 10.0 Å². The van der Waals surface area contributed by atoms with E-state index in [-0.39, 0.29) is 11.6 Å². The van der Waals surface area contributed by atoms with Crippen molar-refractivity contribution in [2.75, 3.05) is 20.8 Å². The van der Waals surface area contributed by atoms with E-state index in [4.69, 9.17) is 37.4 Å². The van der Waals surface area contributed by atoms with E-state index in [2.05, 4.69) is 10.5 Å². The Morgan fingerprint density at radius 2 is 1.88 bits per heavy atom. The predicted octanol–water partition coefficient (Wildman–Crippen LogP) is 3.54. The van der Waals surface area contributed by atoms with E-state index >= 15 is 0 Å². The Kier molecular flexibility index (Phi) is 6.91. The third-order valence-corrected chi connectivity index (χ3v) is 3.89. The second-order valence-corrected chi connectivity index (χ2v) is 5.53. The highest BCUT2D eigenvalue weighted by molar-refractivity contribution is 6.42. The Hall–Kier alpha value is -2.44. The van der Waals surface area contributed by atoms with Gasteiger partial charge < -0.3 is 14.2 Å². The number of nitrogens with zero attached hydrogens (tertiary/aromatic N) is 1. The van der Waals surface area contributed by atoms with E-state index in [1.165, 1.54) is 6.21 Å². The summed E-state index contributed by atoms with van der Waals surface area (Å²) < 4.78 is 15.7. The molecular weight excluding hydrogens is 367 g/mol. The molecule has 25 heavy (non-hydrogen) atoms. The first-order valence-electron chi connectivity index (χ1n) is 7.16. The SMILES string of the molecule is COc1ccc(/C=N\NC(=O)COc2cccc(Cl)c2Cl)cc1OC. The molecule has 0 radical (unpaired) electrons. The standard InChI is InChI=1S/C17H16Cl2N2O4/c1-23-13-7-6-11(8-15(13)24-2)9-20-21-16(22)10-25-14-5-3-4-12(18)17(14)19/h3-9H,10H2,1-2H3,(H,21,22)/b20-9-. The highest BCUT2D eigenvalue weighted by Gasteiger charge is 2.08. The molecule has 0 fully saturated rings. The van der Waals surface area contributed by atoms with Gasteiger partial charge in [-0.3, -0.25) is 4.79 Å². The average Bonchev–Trinajstić information content (AvgIpc) is 2.62. The lowest BCUT2D eigenvalue weighted by Gasteiger charge is -2.08. The minimum absolute atomic E-state index is 0.247. The number of rotatable bonds is 7. The van der Waals surface area contributed by atoms with Gasteiger partial charge >= 0.3 is 0 Å². The van der Waals surface area contributed by atoms with Crippen LogP contribution in [0.5, 0.6) is 17.2 Å². The van der Waals surface area contributed by atoms with Gasteiger partial charge in [-0.05, 0) is 35.9 Å². The highest BCUT2D eigenvalue weighted by Crippen LogP contribution is 2.31. The van der Waals surface area contributed by atoms with Gasteiger partial charge in [-0.2, -0.15) is 5.10 Å². The Bertz CT molecular complexity index is 781. The van der Waals surface area contributed by atoms with Crippen molar-refractivity contribution < 1.29 is 19.0 Å². The zero-order chi connectivity index (χ0) is 18.2. The number of ether oxygens (including phenoxy) is 3. The minimum atomic E-state index is -0.437. The lowest BCUT2D eigenvalue weighted by atomic mass is 10.2. The molecule has 2 aromatic carbocycles. The molecule has 0 saturated carbocycles. The van der Waals surface area contributed by atoms with Gasteiger partial charge in [0.15, 0.2) is 18.1 Å². The number of halogens is 2. The second kappa shape index (κ2) is 9.15. The van der Waals surface area contributed by atoms with Crippen LogP contribution in [0, 0.1) is 0 Å². The van der Waals surface area contributed by atoms with Crippen molar-refractivity contribution in [2.24, 2.45) is 5.10 Å². The number of carbonyl (C=O) groups excluding carboxylic acids is 1. The van der Waals surface area contributed by atoms with E-state index in [9.17, 15) is 4.79 Å². The molecule has 0 atom stereocenters. The smallest absolute Gasteiger partial charge is 0.277 e. The number of methoxy groups -OCH3 is 2. The zero-order valence-corrected chi connectivity index (χ0v) is 15.1. The monoisotopic (exact) mass is 382 g/mol. The van der Waals surface area contributed by atoms with E-state index < -0.39 is 5.91 Å². The van der Waals surface area contributed by atoms with Gasteiger partial charge in [0.2, 0.25) is 0 Å². The third-order valence-electron chi connectivity index (χ3n) is 3.09. The summed E-state index contributed by atoms with van der Waals surface area (Å²) in [7, 11) is 3.09. The number of hydrazone groups is 1. The largest absolute Gasteiger partial charge is 0.493 e. The number of carbonyl (C=O) groups is 1. The number of benzene rings is 2. The van der Waals surface area contributed by atoms with Crippen molar-refractivity contribution in [3.05, 3.63) is 52.0 Å². The number of amides is 1. The molecule has 132 valence electrons. The maximum absolute atomic E-state index is 11.8. The molecule has 0 aromatic heterocycles. The maximum Gasteiger partial charge on any atom is 0.277 e. The molecule has 0 spiro atoms. The summed E-state index contributed by atoms with van der Waals surface area (Å²) in [5, 5.41) is 4.47. The van der Waals surface area contributed by atoms with Crippen LogP contribution in [0.15, 0.2) is 41.5 Å². The van der Waals surface area contributed by atoms with Crippen LogP contribution in [0.3, 0.4) is 0 Å². The molecule has 0 saturated heterocycles. The zero-order valence-electron chi connectivity index (χ0n) is 13.6. The van der Waals surface area contributed by atoms with Gasteiger partial charge in [-0.1, -0.05) is 29.3 Å². The van der Waals surface area contributed by atoms with Gasteiger partial charge in [0, 0.05) is 0 Å².